The second kappa shape index (κ2) is 4.26. The van der Waals surface area contributed by atoms with Crippen LogP contribution in [-0.2, 0) is 5.54 Å². The van der Waals surface area contributed by atoms with E-state index < -0.39 is 0 Å². The van der Waals surface area contributed by atoms with Gasteiger partial charge in [0.25, 0.3) is 0 Å². The van der Waals surface area contributed by atoms with Crippen molar-refractivity contribution < 1.29 is 0 Å². The van der Waals surface area contributed by atoms with E-state index >= 15 is 0 Å². The van der Waals surface area contributed by atoms with Crippen molar-refractivity contribution in [3.05, 3.63) is 33.8 Å². The number of hydrogen-bond acceptors (Lipinski definition) is 1. The number of hydrogen-bond donors (Lipinski definition) is 1. The van der Waals surface area contributed by atoms with Crippen molar-refractivity contribution in [3.63, 3.8) is 0 Å². The van der Waals surface area contributed by atoms with E-state index in [4.69, 9.17) is 0 Å². The Hall–Kier alpha value is -0.340. The molecule has 1 aromatic carbocycles. The molecule has 1 N–H and O–H groups in total. The zero-order valence-electron chi connectivity index (χ0n) is 9.44. The van der Waals surface area contributed by atoms with E-state index in [-0.39, 0.29) is 5.54 Å². The van der Waals surface area contributed by atoms with Crippen molar-refractivity contribution >= 4 is 15.9 Å². The van der Waals surface area contributed by atoms with Gasteiger partial charge < -0.3 is 5.32 Å². The molecule has 0 unspecified atom stereocenters. The quantitative estimate of drug-likeness (QED) is 0.861. The highest BCUT2D eigenvalue weighted by atomic mass is 79.9. The zero-order valence-corrected chi connectivity index (χ0v) is 11.0. The molecular formula is C13H18BrN. The number of rotatable bonds is 2. The standard InChI is InChI=1S/C13H18BrN/c1-10-9-11(14)5-6-12(10)13(15-2)7-3-4-8-13/h5-6,9,15H,3-4,7-8H2,1-2H3. The Balaban J connectivity index is 2.42. The number of halogens is 1. The van der Waals surface area contributed by atoms with Crippen molar-refractivity contribution in [3.8, 4) is 0 Å². The Morgan fingerprint density at radius 3 is 2.47 bits per heavy atom. The Kier molecular flexibility index (Phi) is 3.17. The first-order chi connectivity index (χ1) is 7.18. The summed E-state index contributed by atoms with van der Waals surface area (Å²) in [6.45, 7) is 2.21. The second-order valence-corrected chi connectivity index (χ2v) is 5.41. The molecule has 15 heavy (non-hydrogen) atoms. The van der Waals surface area contributed by atoms with E-state index in [1.165, 1.54) is 41.3 Å². The van der Waals surface area contributed by atoms with Gasteiger partial charge in [0.2, 0.25) is 0 Å². The van der Waals surface area contributed by atoms with Crippen LogP contribution in [0.4, 0.5) is 0 Å². The third kappa shape index (κ3) is 1.98. The topological polar surface area (TPSA) is 12.0 Å². The normalized spacial score (nSPS) is 19.4. The number of nitrogens with one attached hydrogen (secondary N) is 1. The highest BCUT2D eigenvalue weighted by molar-refractivity contribution is 9.10. The van der Waals surface area contributed by atoms with Gasteiger partial charge in [0.15, 0.2) is 0 Å². The summed E-state index contributed by atoms with van der Waals surface area (Å²) in [4.78, 5) is 0. The molecule has 1 aliphatic carbocycles. The van der Waals surface area contributed by atoms with Crippen LogP contribution in [0.1, 0.15) is 36.8 Å². The average molecular weight is 268 g/mol. The maximum atomic E-state index is 3.54. The molecule has 0 saturated heterocycles. The summed E-state index contributed by atoms with van der Waals surface area (Å²) >= 11 is 3.52. The Labute approximate surface area is 100 Å². The first-order valence-electron chi connectivity index (χ1n) is 5.63. The van der Waals surface area contributed by atoms with E-state index in [0.717, 1.165) is 0 Å². The van der Waals surface area contributed by atoms with Gasteiger partial charge in [0, 0.05) is 10.0 Å². The van der Waals surface area contributed by atoms with E-state index in [0.29, 0.717) is 0 Å². The lowest BCUT2D eigenvalue weighted by Gasteiger charge is -2.31. The van der Waals surface area contributed by atoms with Crippen molar-refractivity contribution in [1.82, 2.24) is 5.32 Å². The van der Waals surface area contributed by atoms with Gasteiger partial charge in [-0.05, 0) is 50.1 Å². The Morgan fingerprint density at radius 2 is 1.93 bits per heavy atom. The summed E-state index contributed by atoms with van der Waals surface area (Å²) in [6, 6.07) is 6.63. The van der Waals surface area contributed by atoms with Gasteiger partial charge in [-0.1, -0.05) is 34.8 Å². The SMILES string of the molecule is CNC1(c2ccc(Br)cc2C)CCCC1. The molecule has 0 radical (unpaired) electrons. The summed E-state index contributed by atoms with van der Waals surface area (Å²) in [5.41, 5.74) is 3.11. The fraction of sp³-hybridized carbons (Fsp3) is 0.538. The van der Waals surface area contributed by atoms with Crippen LogP contribution >= 0.6 is 15.9 Å². The van der Waals surface area contributed by atoms with Crippen LogP contribution in [0, 0.1) is 6.92 Å². The predicted molar refractivity (Wildman–Crippen MR) is 68.1 cm³/mol. The smallest absolute Gasteiger partial charge is 0.0434 e. The van der Waals surface area contributed by atoms with Crippen molar-refractivity contribution in [2.24, 2.45) is 0 Å². The molecule has 82 valence electrons. The highest BCUT2D eigenvalue weighted by Gasteiger charge is 2.34. The summed E-state index contributed by atoms with van der Waals surface area (Å²) in [5, 5.41) is 3.54. The van der Waals surface area contributed by atoms with Crippen LogP contribution in [0.5, 0.6) is 0 Å². The van der Waals surface area contributed by atoms with E-state index in [2.05, 4.69) is 53.4 Å². The van der Waals surface area contributed by atoms with Crippen LogP contribution in [0.3, 0.4) is 0 Å². The van der Waals surface area contributed by atoms with Crippen molar-refractivity contribution in [1.29, 1.82) is 0 Å². The number of benzene rings is 1. The first-order valence-corrected chi connectivity index (χ1v) is 6.43. The average Bonchev–Trinajstić information content (AvgIpc) is 2.67. The first kappa shape index (κ1) is 11.2. The van der Waals surface area contributed by atoms with Gasteiger partial charge in [-0.2, -0.15) is 0 Å². The molecule has 0 heterocycles. The molecule has 1 saturated carbocycles. The largest absolute Gasteiger partial charge is 0.310 e. The summed E-state index contributed by atoms with van der Waals surface area (Å²) in [7, 11) is 2.09. The fourth-order valence-corrected chi connectivity index (χ4v) is 3.27. The fourth-order valence-electron chi connectivity index (χ4n) is 2.80. The molecule has 0 spiro atoms. The maximum Gasteiger partial charge on any atom is 0.0434 e. The van der Waals surface area contributed by atoms with Gasteiger partial charge in [0.1, 0.15) is 0 Å². The molecule has 1 fully saturated rings. The molecule has 2 heteroatoms. The molecule has 1 aromatic rings. The van der Waals surface area contributed by atoms with Gasteiger partial charge in [-0.15, -0.1) is 0 Å². The molecule has 0 bridgehead atoms. The lowest BCUT2D eigenvalue weighted by molar-refractivity contribution is 0.370. The van der Waals surface area contributed by atoms with Crippen LogP contribution in [0.15, 0.2) is 22.7 Å². The number of aryl methyl sites for hydroxylation is 1. The van der Waals surface area contributed by atoms with Gasteiger partial charge >= 0.3 is 0 Å². The zero-order chi connectivity index (χ0) is 10.9. The third-order valence-corrected chi connectivity index (χ3v) is 4.13. The monoisotopic (exact) mass is 267 g/mol. The van der Waals surface area contributed by atoms with E-state index in [1.54, 1.807) is 0 Å². The highest BCUT2D eigenvalue weighted by Crippen LogP contribution is 2.40. The minimum atomic E-state index is 0.241. The minimum Gasteiger partial charge on any atom is -0.310 e. The van der Waals surface area contributed by atoms with E-state index in [9.17, 15) is 0 Å². The predicted octanol–water partition coefficient (Wildman–Crippen LogP) is 3.75. The lowest BCUT2D eigenvalue weighted by atomic mass is 9.85. The summed E-state index contributed by atoms with van der Waals surface area (Å²) in [6.07, 6.45) is 5.23. The maximum absolute atomic E-state index is 3.54. The van der Waals surface area contributed by atoms with Gasteiger partial charge in [-0.3, -0.25) is 0 Å². The molecule has 1 aliphatic rings. The Bertz CT molecular complexity index is 354. The Morgan fingerprint density at radius 1 is 1.27 bits per heavy atom. The van der Waals surface area contributed by atoms with Crippen LogP contribution in [0.2, 0.25) is 0 Å². The third-order valence-electron chi connectivity index (χ3n) is 3.64. The molecule has 0 atom stereocenters. The summed E-state index contributed by atoms with van der Waals surface area (Å²) < 4.78 is 1.17. The second-order valence-electron chi connectivity index (χ2n) is 4.50. The molecular weight excluding hydrogens is 250 g/mol. The molecule has 0 amide bonds. The van der Waals surface area contributed by atoms with Crippen LogP contribution < -0.4 is 5.32 Å². The minimum absolute atomic E-state index is 0.241. The van der Waals surface area contributed by atoms with E-state index in [1.807, 2.05) is 0 Å². The summed E-state index contributed by atoms with van der Waals surface area (Å²) in [5.74, 6) is 0. The van der Waals surface area contributed by atoms with Crippen LogP contribution in [-0.4, -0.2) is 7.05 Å². The molecule has 0 aliphatic heterocycles. The molecule has 1 nitrogen and oxygen atoms in total. The lowest BCUT2D eigenvalue weighted by Crippen LogP contribution is -2.37. The molecule has 2 rings (SSSR count). The van der Waals surface area contributed by atoms with Gasteiger partial charge in [-0.25, -0.2) is 0 Å². The van der Waals surface area contributed by atoms with Gasteiger partial charge in [0.05, 0.1) is 0 Å². The van der Waals surface area contributed by atoms with Crippen LogP contribution in [0.25, 0.3) is 0 Å². The van der Waals surface area contributed by atoms with Crippen molar-refractivity contribution in [2.75, 3.05) is 7.05 Å². The molecule has 0 aromatic heterocycles. The van der Waals surface area contributed by atoms with Crippen molar-refractivity contribution in [2.45, 2.75) is 38.1 Å².